The van der Waals surface area contributed by atoms with Crippen LogP contribution in [0.3, 0.4) is 0 Å². The summed E-state index contributed by atoms with van der Waals surface area (Å²) >= 11 is 0. The molecular weight excluding hydrogens is 207 g/mol. The van der Waals surface area contributed by atoms with E-state index in [2.05, 4.69) is 0 Å². The van der Waals surface area contributed by atoms with Crippen LogP contribution in [0, 0.1) is 5.82 Å². The summed E-state index contributed by atoms with van der Waals surface area (Å²) in [5.41, 5.74) is 0.237. The predicted octanol–water partition coefficient (Wildman–Crippen LogP) is 3.59. The van der Waals surface area contributed by atoms with Gasteiger partial charge in [-0.25, -0.2) is 4.39 Å². The highest BCUT2D eigenvalue weighted by atomic mass is 19.1. The van der Waals surface area contributed by atoms with E-state index in [1.807, 2.05) is 0 Å². The van der Waals surface area contributed by atoms with Crippen LogP contribution in [0.1, 0.15) is 26.7 Å². The van der Waals surface area contributed by atoms with Crippen LogP contribution in [0.5, 0.6) is 5.75 Å². The third-order valence-electron chi connectivity index (χ3n) is 2.57. The van der Waals surface area contributed by atoms with Gasteiger partial charge in [-0.3, -0.25) is 0 Å². The fourth-order valence-electron chi connectivity index (χ4n) is 1.60. The fraction of sp³-hybridized carbons (Fsp3) is 0.385. The second-order valence-electron chi connectivity index (χ2n) is 4.52. The minimum absolute atomic E-state index is 0.275. The minimum atomic E-state index is -0.792. The average Bonchev–Trinajstić information content (AvgIpc) is 2.98. The second-order valence-corrected chi connectivity index (χ2v) is 4.52. The van der Waals surface area contributed by atoms with E-state index in [1.165, 1.54) is 12.1 Å². The molecule has 1 aliphatic carbocycles. The van der Waals surface area contributed by atoms with Crippen molar-refractivity contribution >= 4 is 0 Å². The van der Waals surface area contributed by atoms with Gasteiger partial charge in [-0.05, 0) is 44.4 Å². The third-order valence-corrected chi connectivity index (χ3v) is 2.57. The van der Waals surface area contributed by atoms with Crippen molar-refractivity contribution in [3.05, 3.63) is 41.4 Å². The molecule has 0 unspecified atom stereocenters. The molecule has 1 aliphatic rings. The summed E-state index contributed by atoms with van der Waals surface area (Å²) in [5, 5.41) is 9.91. The van der Waals surface area contributed by atoms with E-state index in [0.717, 1.165) is 18.4 Å². The zero-order valence-corrected chi connectivity index (χ0v) is 9.46. The predicted molar refractivity (Wildman–Crippen MR) is 60.0 cm³/mol. The molecule has 0 atom stereocenters. The molecule has 0 aromatic heterocycles. The first-order valence-electron chi connectivity index (χ1n) is 5.35. The lowest BCUT2D eigenvalue weighted by atomic mass is 10.1. The molecule has 2 nitrogen and oxygen atoms in total. The summed E-state index contributed by atoms with van der Waals surface area (Å²) in [6.45, 7) is 3.55. The highest BCUT2D eigenvalue weighted by Gasteiger charge is 2.32. The fourth-order valence-corrected chi connectivity index (χ4v) is 1.60. The molecule has 16 heavy (non-hydrogen) atoms. The third kappa shape index (κ3) is 2.35. The smallest absolute Gasteiger partial charge is 0.160 e. The van der Waals surface area contributed by atoms with Crippen LogP contribution in [0.4, 0.5) is 4.39 Å². The Morgan fingerprint density at radius 2 is 2.06 bits per heavy atom. The molecule has 1 aromatic rings. The average molecular weight is 222 g/mol. The van der Waals surface area contributed by atoms with Crippen molar-refractivity contribution < 1.29 is 14.2 Å². The molecule has 2 rings (SSSR count). The van der Waals surface area contributed by atoms with Crippen molar-refractivity contribution in [2.24, 2.45) is 0 Å². The molecule has 0 bridgehead atoms. The van der Waals surface area contributed by atoms with Gasteiger partial charge in [0.15, 0.2) is 5.60 Å². The van der Waals surface area contributed by atoms with E-state index in [1.54, 1.807) is 26.0 Å². The largest absolute Gasteiger partial charge is 0.508 e. The number of aliphatic hydroxyl groups is 1. The minimum Gasteiger partial charge on any atom is -0.508 e. The van der Waals surface area contributed by atoms with Crippen molar-refractivity contribution in [3.63, 3.8) is 0 Å². The number of hydrogen-bond donors (Lipinski definition) is 1. The van der Waals surface area contributed by atoms with Gasteiger partial charge < -0.3 is 9.84 Å². The lowest BCUT2D eigenvalue weighted by Gasteiger charge is -2.25. The molecule has 1 fully saturated rings. The maximum absolute atomic E-state index is 13.0. The summed E-state index contributed by atoms with van der Waals surface area (Å²) < 4.78 is 18.6. The normalized spacial score (nSPS) is 14.8. The Kier molecular flexibility index (Phi) is 2.62. The van der Waals surface area contributed by atoms with Gasteiger partial charge in [0.25, 0.3) is 0 Å². The number of aliphatic hydroxyl groups excluding tert-OH is 1. The van der Waals surface area contributed by atoms with Crippen LogP contribution in [-0.4, -0.2) is 10.7 Å². The number of allylic oxidation sites excluding steroid dienone is 1. The topological polar surface area (TPSA) is 29.5 Å². The molecule has 0 amide bonds. The first kappa shape index (κ1) is 11.0. The summed E-state index contributed by atoms with van der Waals surface area (Å²) in [7, 11) is 0. The molecular formula is C13H15FO2. The van der Waals surface area contributed by atoms with Gasteiger partial charge in [0.05, 0.1) is 0 Å². The van der Waals surface area contributed by atoms with Crippen molar-refractivity contribution in [1.82, 2.24) is 0 Å². The van der Waals surface area contributed by atoms with Gasteiger partial charge >= 0.3 is 0 Å². The summed E-state index contributed by atoms with van der Waals surface area (Å²) in [5.74, 6) is 0.362. The Morgan fingerprint density at radius 1 is 1.38 bits per heavy atom. The van der Waals surface area contributed by atoms with Crippen LogP contribution in [0.2, 0.25) is 0 Å². The highest BCUT2D eigenvalue weighted by molar-refractivity contribution is 5.29. The van der Waals surface area contributed by atoms with Crippen molar-refractivity contribution in [3.8, 4) is 5.75 Å². The van der Waals surface area contributed by atoms with Crippen LogP contribution in [0.25, 0.3) is 0 Å². The van der Waals surface area contributed by atoms with Crippen molar-refractivity contribution in [2.75, 3.05) is 0 Å². The van der Waals surface area contributed by atoms with Crippen LogP contribution < -0.4 is 4.74 Å². The molecule has 3 heteroatoms. The van der Waals surface area contributed by atoms with E-state index < -0.39 is 5.60 Å². The monoisotopic (exact) mass is 222 g/mol. The second kappa shape index (κ2) is 3.81. The Labute approximate surface area is 94.4 Å². The zero-order chi connectivity index (χ0) is 11.8. The Bertz CT molecular complexity index is 429. The number of benzene rings is 1. The van der Waals surface area contributed by atoms with Gasteiger partial charge in [0, 0.05) is 6.07 Å². The Hall–Kier alpha value is -1.51. The number of hydrogen-bond acceptors (Lipinski definition) is 2. The maximum atomic E-state index is 13.0. The van der Waals surface area contributed by atoms with Gasteiger partial charge in [0.1, 0.15) is 17.3 Å². The van der Waals surface area contributed by atoms with E-state index in [9.17, 15) is 9.50 Å². The lowest BCUT2D eigenvalue weighted by Crippen LogP contribution is -2.31. The quantitative estimate of drug-likeness (QED) is 0.792. The molecule has 86 valence electrons. The number of halogens is 1. The molecule has 0 saturated heterocycles. The molecule has 1 aromatic carbocycles. The van der Waals surface area contributed by atoms with Gasteiger partial charge in [-0.2, -0.15) is 0 Å². The molecule has 1 N–H and O–H groups in total. The molecule has 0 aliphatic heterocycles. The van der Waals surface area contributed by atoms with Gasteiger partial charge in [-0.15, -0.1) is 0 Å². The lowest BCUT2D eigenvalue weighted by molar-refractivity contribution is 0.0949. The maximum Gasteiger partial charge on any atom is 0.160 e. The molecule has 0 heterocycles. The standard InChI is InChI=1S/C13H15FO2/c1-13(2,12(15)9-6-7-9)16-11-5-3-4-10(14)8-11/h3-5,8,15H,6-7H2,1-2H3. The van der Waals surface area contributed by atoms with Gasteiger partial charge in [0.2, 0.25) is 0 Å². The SMILES string of the molecule is CC(C)(Oc1cccc(F)c1)C(O)=C1CC1. The first-order chi connectivity index (χ1) is 7.49. The van der Waals surface area contributed by atoms with Crippen LogP contribution >= 0.6 is 0 Å². The Morgan fingerprint density at radius 3 is 2.62 bits per heavy atom. The van der Waals surface area contributed by atoms with Crippen LogP contribution in [-0.2, 0) is 0 Å². The summed E-state index contributed by atoms with van der Waals surface area (Å²) in [6, 6.07) is 5.93. The summed E-state index contributed by atoms with van der Waals surface area (Å²) in [6.07, 6.45) is 1.86. The van der Waals surface area contributed by atoms with E-state index in [-0.39, 0.29) is 11.6 Å². The van der Waals surface area contributed by atoms with Crippen molar-refractivity contribution in [1.29, 1.82) is 0 Å². The van der Waals surface area contributed by atoms with Crippen molar-refractivity contribution in [2.45, 2.75) is 32.3 Å². The molecule has 0 radical (unpaired) electrons. The highest BCUT2D eigenvalue weighted by Crippen LogP contribution is 2.36. The van der Waals surface area contributed by atoms with E-state index in [4.69, 9.17) is 4.74 Å². The molecule has 1 saturated carbocycles. The number of rotatable bonds is 3. The number of ether oxygens (including phenoxy) is 1. The molecule has 0 spiro atoms. The van der Waals surface area contributed by atoms with E-state index >= 15 is 0 Å². The first-order valence-corrected chi connectivity index (χ1v) is 5.35. The zero-order valence-electron chi connectivity index (χ0n) is 9.46. The van der Waals surface area contributed by atoms with Gasteiger partial charge in [-0.1, -0.05) is 6.07 Å². The van der Waals surface area contributed by atoms with E-state index in [0.29, 0.717) is 5.75 Å². The summed E-state index contributed by atoms with van der Waals surface area (Å²) in [4.78, 5) is 0. The van der Waals surface area contributed by atoms with Crippen LogP contribution in [0.15, 0.2) is 35.6 Å². The Balaban J connectivity index is 2.17.